The average molecular weight is 661 g/mol. The molecule has 3 fully saturated rings. The molecule has 3 aliphatic carbocycles. The van der Waals surface area contributed by atoms with Crippen LogP contribution in [0, 0.1) is 17.8 Å². The summed E-state index contributed by atoms with van der Waals surface area (Å²) in [6, 6.07) is 15.5. The van der Waals surface area contributed by atoms with Crippen molar-refractivity contribution in [2.45, 2.75) is 74.8 Å². The first kappa shape index (κ1) is 31.4. The number of para-hydroxylation sites is 1. The number of nitrogens with one attached hydrogen (secondary N) is 2. The van der Waals surface area contributed by atoms with E-state index < -0.39 is 56.7 Å². The Morgan fingerprint density at radius 1 is 0.979 bits per heavy atom. The number of rotatable bonds is 4. The van der Waals surface area contributed by atoms with Crippen LogP contribution in [-0.2, 0) is 35.7 Å². The molecule has 7 rings (SSSR count). The smallest absolute Gasteiger partial charge is 0.414 e. The zero-order chi connectivity index (χ0) is 32.9. The van der Waals surface area contributed by atoms with Gasteiger partial charge in [-0.05, 0) is 68.6 Å². The second-order valence-electron chi connectivity index (χ2n) is 13.6. The predicted molar refractivity (Wildman–Crippen MR) is 174 cm³/mol. The molecule has 12 heteroatoms. The van der Waals surface area contributed by atoms with Crippen molar-refractivity contribution in [2.75, 3.05) is 18.5 Å². The Morgan fingerprint density at radius 3 is 2.49 bits per heavy atom. The molecule has 4 amide bonds. The number of sulfonamides is 1. The molecule has 5 unspecified atom stereocenters. The standard InChI is InChI=1S/C35H40N4O7S/c1-38-17-9-3-2-4-11-23-20-35(23,33(42)37-47(44,45)25-15-16-25)36-31(40)28-18-24(19-29(28)32(38)41)46-34(43)39-21-22-10-5-6-12-26(22)27-13-7-8-14-30(27)39/h4-8,10-14,23-25,28-29H,2-3,9,15-21H2,1H3,(H,36,40)(H,37,42)/b11-4+. The van der Waals surface area contributed by atoms with Gasteiger partial charge < -0.3 is 15.0 Å². The van der Waals surface area contributed by atoms with Gasteiger partial charge in [0.2, 0.25) is 21.8 Å². The lowest BCUT2D eigenvalue weighted by molar-refractivity contribution is -0.140. The maximum Gasteiger partial charge on any atom is 0.414 e. The SMILES string of the molecule is CN1CCCC/C=C/C2CC2(C(=O)NS(=O)(=O)C2CC2)NC(=O)C2CC(OC(=O)N3Cc4ccccc4-c4ccccc43)CC2C1=O. The van der Waals surface area contributed by atoms with Crippen molar-refractivity contribution in [2.24, 2.45) is 17.8 Å². The molecule has 5 atom stereocenters. The van der Waals surface area contributed by atoms with Gasteiger partial charge in [0.25, 0.3) is 5.91 Å². The molecule has 2 N–H and O–H groups in total. The van der Waals surface area contributed by atoms with Gasteiger partial charge in [0.1, 0.15) is 11.6 Å². The fourth-order valence-electron chi connectivity index (χ4n) is 7.37. The summed E-state index contributed by atoms with van der Waals surface area (Å²) >= 11 is 0. The van der Waals surface area contributed by atoms with E-state index in [0.29, 0.717) is 25.9 Å². The van der Waals surface area contributed by atoms with Gasteiger partial charge in [-0.15, -0.1) is 0 Å². The second kappa shape index (κ2) is 12.1. The van der Waals surface area contributed by atoms with Gasteiger partial charge in [-0.3, -0.25) is 24.0 Å². The monoisotopic (exact) mass is 660 g/mol. The third kappa shape index (κ3) is 6.03. The topological polar surface area (TPSA) is 142 Å². The highest BCUT2D eigenvalue weighted by atomic mass is 32.2. The number of fused-ring (bicyclic) bond motifs is 5. The first-order valence-electron chi connectivity index (χ1n) is 16.5. The number of carbonyl (C=O) groups excluding carboxylic acids is 4. The number of amides is 4. The van der Waals surface area contributed by atoms with Crippen molar-refractivity contribution in [1.82, 2.24) is 14.9 Å². The molecule has 0 spiro atoms. The summed E-state index contributed by atoms with van der Waals surface area (Å²) < 4.78 is 33.6. The van der Waals surface area contributed by atoms with Gasteiger partial charge in [-0.25, -0.2) is 13.2 Å². The number of hydrogen-bond donors (Lipinski definition) is 2. The zero-order valence-electron chi connectivity index (χ0n) is 26.4. The van der Waals surface area contributed by atoms with Crippen LogP contribution < -0.4 is 14.9 Å². The van der Waals surface area contributed by atoms with Crippen molar-refractivity contribution < 1.29 is 32.3 Å². The number of carbonyl (C=O) groups is 4. The minimum absolute atomic E-state index is 0.104. The molecule has 2 heterocycles. The second-order valence-corrected chi connectivity index (χ2v) is 15.5. The van der Waals surface area contributed by atoms with Crippen LogP contribution in [0.4, 0.5) is 10.5 Å². The van der Waals surface area contributed by atoms with Crippen molar-refractivity contribution in [3.63, 3.8) is 0 Å². The number of hydrogen-bond acceptors (Lipinski definition) is 7. The van der Waals surface area contributed by atoms with E-state index >= 15 is 0 Å². The largest absolute Gasteiger partial charge is 0.446 e. The third-order valence-electron chi connectivity index (χ3n) is 10.3. The Hall–Kier alpha value is -4.19. The van der Waals surface area contributed by atoms with Crippen molar-refractivity contribution >= 4 is 39.5 Å². The van der Waals surface area contributed by atoms with Gasteiger partial charge >= 0.3 is 6.09 Å². The molecule has 2 aromatic rings. The van der Waals surface area contributed by atoms with Crippen molar-refractivity contribution in [1.29, 1.82) is 0 Å². The Kier molecular flexibility index (Phi) is 8.10. The normalized spacial score (nSPS) is 29.6. The van der Waals surface area contributed by atoms with Crippen LogP contribution in [0.25, 0.3) is 11.1 Å². The number of allylic oxidation sites excluding steroid dienone is 1. The third-order valence-corrected chi connectivity index (χ3v) is 12.1. The molecule has 47 heavy (non-hydrogen) atoms. The summed E-state index contributed by atoms with van der Waals surface area (Å²) in [5.74, 6) is -3.47. The molecule has 0 aromatic heterocycles. The molecule has 0 radical (unpaired) electrons. The molecule has 11 nitrogen and oxygen atoms in total. The molecule has 2 aliphatic heterocycles. The van der Waals surface area contributed by atoms with Crippen LogP contribution in [0.5, 0.6) is 0 Å². The van der Waals surface area contributed by atoms with E-state index in [0.717, 1.165) is 41.6 Å². The van der Waals surface area contributed by atoms with E-state index in [9.17, 15) is 27.6 Å². The first-order valence-corrected chi connectivity index (χ1v) is 18.1. The first-order chi connectivity index (χ1) is 22.6. The molecule has 2 aromatic carbocycles. The van der Waals surface area contributed by atoms with Crippen LogP contribution in [0.2, 0.25) is 0 Å². The Bertz CT molecular complexity index is 1760. The van der Waals surface area contributed by atoms with Crippen LogP contribution in [-0.4, -0.2) is 67.6 Å². The highest BCUT2D eigenvalue weighted by Crippen LogP contribution is 2.47. The maximum absolute atomic E-state index is 14.0. The summed E-state index contributed by atoms with van der Waals surface area (Å²) in [5, 5.41) is 2.29. The van der Waals surface area contributed by atoms with Gasteiger partial charge in [-0.1, -0.05) is 54.6 Å². The average Bonchev–Trinajstić information content (AvgIpc) is 3.98. The van der Waals surface area contributed by atoms with Crippen molar-refractivity contribution in [3.05, 3.63) is 66.2 Å². The number of anilines is 1. The number of nitrogens with zero attached hydrogens (tertiary/aromatic N) is 2. The van der Waals surface area contributed by atoms with Gasteiger partial charge in [0.05, 0.1) is 29.3 Å². The van der Waals surface area contributed by atoms with E-state index in [1.807, 2.05) is 60.7 Å². The zero-order valence-corrected chi connectivity index (χ0v) is 27.2. The lowest BCUT2D eigenvalue weighted by Gasteiger charge is -2.31. The van der Waals surface area contributed by atoms with Crippen LogP contribution in [0.3, 0.4) is 0 Å². The highest BCUT2D eigenvalue weighted by Gasteiger charge is 2.62. The lowest BCUT2D eigenvalue weighted by atomic mass is 9.93. The van der Waals surface area contributed by atoms with Gasteiger partial charge in [0.15, 0.2) is 0 Å². The van der Waals surface area contributed by atoms with E-state index in [-0.39, 0.29) is 31.1 Å². The molecular formula is C35H40N4O7S. The minimum atomic E-state index is -3.83. The maximum atomic E-state index is 14.0. The Morgan fingerprint density at radius 2 is 1.70 bits per heavy atom. The summed E-state index contributed by atoms with van der Waals surface area (Å²) in [6.45, 7) is 0.852. The predicted octanol–water partition coefficient (Wildman–Crippen LogP) is 3.89. The number of benzene rings is 2. The highest BCUT2D eigenvalue weighted by molar-refractivity contribution is 7.91. The molecule has 248 valence electrons. The summed E-state index contributed by atoms with van der Waals surface area (Å²) in [7, 11) is -2.11. The molecule has 5 aliphatic rings. The summed E-state index contributed by atoms with van der Waals surface area (Å²) in [6.07, 6.45) is 6.43. The van der Waals surface area contributed by atoms with E-state index in [1.165, 1.54) is 0 Å². The molecular weight excluding hydrogens is 620 g/mol. The summed E-state index contributed by atoms with van der Waals surface area (Å²) in [4.78, 5) is 58.3. The van der Waals surface area contributed by atoms with E-state index in [2.05, 4.69) is 10.0 Å². The van der Waals surface area contributed by atoms with Crippen LogP contribution >= 0.6 is 0 Å². The van der Waals surface area contributed by atoms with Gasteiger partial charge in [-0.2, -0.15) is 0 Å². The Balaban J connectivity index is 1.12. The fourth-order valence-corrected chi connectivity index (χ4v) is 8.74. The van der Waals surface area contributed by atoms with Crippen molar-refractivity contribution in [3.8, 4) is 11.1 Å². The van der Waals surface area contributed by atoms with E-state index in [4.69, 9.17) is 4.74 Å². The van der Waals surface area contributed by atoms with Crippen LogP contribution in [0.15, 0.2) is 60.7 Å². The van der Waals surface area contributed by atoms with Gasteiger partial charge in [0, 0.05) is 25.1 Å². The number of ether oxygens (including phenoxy) is 1. The quantitative estimate of drug-likeness (QED) is 0.474. The summed E-state index contributed by atoms with van der Waals surface area (Å²) in [5.41, 5.74) is 2.27. The van der Waals surface area contributed by atoms with E-state index in [1.54, 1.807) is 16.8 Å². The molecule has 0 bridgehead atoms. The minimum Gasteiger partial charge on any atom is -0.446 e. The lowest BCUT2D eigenvalue weighted by Crippen LogP contribution is -2.54. The fraction of sp³-hybridized carbons (Fsp3) is 0.486. The molecule has 0 saturated heterocycles. The molecule has 3 saturated carbocycles. The van der Waals surface area contributed by atoms with Crippen LogP contribution in [0.1, 0.15) is 56.9 Å². The Labute approximate surface area is 274 Å².